The highest BCUT2D eigenvalue weighted by molar-refractivity contribution is 7.10. The molecular weight excluding hydrogens is 252 g/mol. The highest BCUT2D eigenvalue weighted by Gasteiger charge is 2.16. The van der Waals surface area contributed by atoms with Crippen LogP contribution in [0.4, 0.5) is 4.79 Å². The lowest BCUT2D eigenvalue weighted by Gasteiger charge is -2.21. The fourth-order valence-electron chi connectivity index (χ4n) is 1.49. The molecule has 0 bridgehead atoms. The zero-order valence-electron chi connectivity index (χ0n) is 10.5. The first-order chi connectivity index (χ1) is 8.54. The molecule has 2 N–H and O–H groups in total. The summed E-state index contributed by atoms with van der Waals surface area (Å²) in [5, 5.41) is 13.4. The summed E-state index contributed by atoms with van der Waals surface area (Å²) in [4.78, 5) is 24.8. The molecule has 0 spiro atoms. The van der Waals surface area contributed by atoms with Gasteiger partial charge < -0.3 is 15.3 Å². The largest absolute Gasteiger partial charge is 0.481 e. The van der Waals surface area contributed by atoms with Crippen molar-refractivity contribution in [3.8, 4) is 0 Å². The number of hydrogen-bond donors (Lipinski definition) is 2. The number of urea groups is 1. The van der Waals surface area contributed by atoms with E-state index in [4.69, 9.17) is 5.11 Å². The number of rotatable bonds is 6. The fraction of sp³-hybridized carbons (Fsp3) is 0.500. The number of aliphatic carboxylic acids is 1. The molecule has 2 amide bonds. The Morgan fingerprint density at radius 2 is 2.28 bits per heavy atom. The molecule has 1 aromatic rings. The molecule has 5 nitrogen and oxygen atoms in total. The molecule has 1 atom stereocenters. The van der Waals surface area contributed by atoms with Crippen molar-refractivity contribution >= 4 is 23.3 Å². The van der Waals surface area contributed by atoms with E-state index in [-0.39, 0.29) is 25.0 Å². The normalized spacial score (nSPS) is 11.9. The molecule has 0 saturated carbocycles. The molecular formula is C12H18N2O3S. The van der Waals surface area contributed by atoms with E-state index in [0.29, 0.717) is 0 Å². The molecule has 0 saturated heterocycles. The zero-order valence-corrected chi connectivity index (χ0v) is 11.4. The summed E-state index contributed by atoms with van der Waals surface area (Å²) in [6.45, 7) is 2.21. The molecule has 0 aliphatic carbocycles. The molecule has 1 rings (SSSR count). The zero-order chi connectivity index (χ0) is 13.5. The van der Waals surface area contributed by atoms with Gasteiger partial charge in [0.1, 0.15) is 0 Å². The summed E-state index contributed by atoms with van der Waals surface area (Å²) < 4.78 is 0. The standard InChI is InChI=1S/C12H18N2O3S/c1-3-9(10-5-4-8-18-10)13-12(17)14(2)7-6-11(15)16/h4-5,8-9H,3,6-7H2,1-2H3,(H,13,17)(H,15,16). The summed E-state index contributed by atoms with van der Waals surface area (Å²) in [7, 11) is 1.60. The first-order valence-corrected chi connectivity index (χ1v) is 6.69. The Kier molecular flexibility index (Phi) is 5.64. The van der Waals surface area contributed by atoms with Crippen LogP contribution in [0, 0.1) is 0 Å². The van der Waals surface area contributed by atoms with Gasteiger partial charge >= 0.3 is 12.0 Å². The third-order valence-electron chi connectivity index (χ3n) is 2.60. The van der Waals surface area contributed by atoms with E-state index in [2.05, 4.69) is 5.32 Å². The maximum atomic E-state index is 11.8. The van der Waals surface area contributed by atoms with E-state index in [9.17, 15) is 9.59 Å². The van der Waals surface area contributed by atoms with Crippen molar-refractivity contribution in [1.29, 1.82) is 0 Å². The Hall–Kier alpha value is -1.56. The number of carbonyl (C=O) groups excluding carboxylic acids is 1. The Morgan fingerprint density at radius 3 is 2.78 bits per heavy atom. The predicted octanol–water partition coefficient (Wildman–Crippen LogP) is 2.32. The lowest BCUT2D eigenvalue weighted by atomic mass is 10.2. The number of carbonyl (C=O) groups is 2. The quantitative estimate of drug-likeness (QED) is 0.833. The molecule has 100 valence electrons. The minimum absolute atomic E-state index is 0.00946. The first kappa shape index (κ1) is 14.5. The van der Waals surface area contributed by atoms with Crippen molar-refractivity contribution in [3.63, 3.8) is 0 Å². The molecule has 0 aliphatic heterocycles. The summed E-state index contributed by atoms with van der Waals surface area (Å²) in [6.07, 6.45) is 0.763. The van der Waals surface area contributed by atoms with Gasteiger partial charge in [-0.15, -0.1) is 11.3 Å². The van der Waals surface area contributed by atoms with Crippen molar-refractivity contribution in [2.45, 2.75) is 25.8 Å². The van der Waals surface area contributed by atoms with Crippen LogP contribution in [0.2, 0.25) is 0 Å². The predicted molar refractivity (Wildman–Crippen MR) is 70.8 cm³/mol. The van der Waals surface area contributed by atoms with Crippen LogP contribution in [0.3, 0.4) is 0 Å². The highest BCUT2D eigenvalue weighted by atomic mass is 32.1. The van der Waals surface area contributed by atoms with Gasteiger partial charge in [0.15, 0.2) is 0 Å². The number of nitrogens with one attached hydrogen (secondary N) is 1. The number of carboxylic acid groups (broad SMARTS) is 1. The third-order valence-corrected chi connectivity index (χ3v) is 3.59. The van der Waals surface area contributed by atoms with Crippen molar-refractivity contribution in [2.24, 2.45) is 0 Å². The number of nitrogens with zero attached hydrogens (tertiary/aromatic N) is 1. The molecule has 1 aromatic heterocycles. The summed E-state index contributed by atoms with van der Waals surface area (Å²) in [5.74, 6) is -0.903. The monoisotopic (exact) mass is 270 g/mol. The molecule has 18 heavy (non-hydrogen) atoms. The average molecular weight is 270 g/mol. The number of amides is 2. The summed E-state index contributed by atoms with van der Waals surface area (Å²) >= 11 is 1.60. The average Bonchev–Trinajstić information content (AvgIpc) is 2.86. The number of carboxylic acids is 1. The smallest absolute Gasteiger partial charge is 0.317 e. The Balaban J connectivity index is 2.49. The Morgan fingerprint density at radius 1 is 1.56 bits per heavy atom. The lowest BCUT2D eigenvalue weighted by molar-refractivity contribution is -0.137. The van der Waals surface area contributed by atoms with Crippen LogP contribution in [0.5, 0.6) is 0 Å². The van der Waals surface area contributed by atoms with Gasteiger partial charge in [-0.3, -0.25) is 4.79 Å². The van der Waals surface area contributed by atoms with Gasteiger partial charge in [-0.25, -0.2) is 4.79 Å². The fourth-order valence-corrected chi connectivity index (χ4v) is 2.35. The number of thiophene rings is 1. The molecule has 1 unspecified atom stereocenters. The second-order valence-corrected chi connectivity index (χ2v) is 4.97. The maximum Gasteiger partial charge on any atom is 0.317 e. The summed E-state index contributed by atoms with van der Waals surface area (Å²) in [5.41, 5.74) is 0. The molecule has 1 heterocycles. The van der Waals surface area contributed by atoms with Crippen LogP contribution < -0.4 is 5.32 Å². The van der Waals surface area contributed by atoms with E-state index < -0.39 is 5.97 Å². The minimum Gasteiger partial charge on any atom is -0.481 e. The molecule has 0 aliphatic rings. The van der Waals surface area contributed by atoms with E-state index in [1.54, 1.807) is 18.4 Å². The highest BCUT2D eigenvalue weighted by Crippen LogP contribution is 2.21. The van der Waals surface area contributed by atoms with Gasteiger partial charge in [-0.1, -0.05) is 13.0 Å². The van der Waals surface area contributed by atoms with Crippen molar-refractivity contribution in [3.05, 3.63) is 22.4 Å². The summed E-state index contributed by atoms with van der Waals surface area (Å²) in [6, 6.07) is 3.68. The Labute approximate surface area is 110 Å². The van der Waals surface area contributed by atoms with Crippen LogP contribution in [0.15, 0.2) is 17.5 Å². The van der Waals surface area contributed by atoms with Gasteiger partial charge in [-0.05, 0) is 17.9 Å². The first-order valence-electron chi connectivity index (χ1n) is 5.81. The molecule has 0 radical (unpaired) electrons. The molecule has 6 heteroatoms. The SMILES string of the molecule is CCC(NC(=O)N(C)CCC(=O)O)c1cccs1. The third kappa shape index (κ3) is 4.37. The van der Waals surface area contributed by atoms with E-state index in [1.807, 2.05) is 24.4 Å². The van der Waals surface area contributed by atoms with Crippen LogP contribution in [-0.4, -0.2) is 35.6 Å². The number of hydrogen-bond acceptors (Lipinski definition) is 3. The van der Waals surface area contributed by atoms with Gasteiger partial charge in [-0.2, -0.15) is 0 Å². The van der Waals surface area contributed by atoms with E-state index in [0.717, 1.165) is 11.3 Å². The maximum absolute atomic E-state index is 11.8. The van der Waals surface area contributed by atoms with Crippen LogP contribution in [-0.2, 0) is 4.79 Å². The Bertz CT molecular complexity index is 392. The second kappa shape index (κ2) is 7.00. The van der Waals surface area contributed by atoms with Gasteiger partial charge in [0.25, 0.3) is 0 Å². The van der Waals surface area contributed by atoms with Gasteiger partial charge in [0.2, 0.25) is 0 Å². The van der Waals surface area contributed by atoms with Crippen LogP contribution >= 0.6 is 11.3 Å². The van der Waals surface area contributed by atoms with Crippen molar-refractivity contribution < 1.29 is 14.7 Å². The van der Waals surface area contributed by atoms with E-state index in [1.165, 1.54) is 4.90 Å². The van der Waals surface area contributed by atoms with Crippen molar-refractivity contribution in [1.82, 2.24) is 10.2 Å². The van der Waals surface area contributed by atoms with Gasteiger partial charge in [0.05, 0.1) is 12.5 Å². The second-order valence-electron chi connectivity index (χ2n) is 3.99. The van der Waals surface area contributed by atoms with Crippen LogP contribution in [0.25, 0.3) is 0 Å². The van der Waals surface area contributed by atoms with Crippen LogP contribution in [0.1, 0.15) is 30.7 Å². The van der Waals surface area contributed by atoms with Crippen molar-refractivity contribution in [2.75, 3.05) is 13.6 Å². The molecule has 0 fully saturated rings. The lowest BCUT2D eigenvalue weighted by Crippen LogP contribution is -2.40. The minimum atomic E-state index is -0.903. The molecule has 0 aromatic carbocycles. The van der Waals surface area contributed by atoms with Gasteiger partial charge in [0, 0.05) is 18.5 Å². The van der Waals surface area contributed by atoms with E-state index >= 15 is 0 Å². The topological polar surface area (TPSA) is 69.6 Å².